The first-order valence-corrected chi connectivity index (χ1v) is 10.0. The molecule has 0 spiro atoms. The van der Waals surface area contributed by atoms with Crippen molar-refractivity contribution in [3.05, 3.63) is 35.0 Å². The zero-order chi connectivity index (χ0) is 18.8. The lowest BCUT2D eigenvalue weighted by Gasteiger charge is -2.30. The molecule has 3 heterocycles. The van der Waals surface area contributed by atoms with Crippen molar-refractivity contribution in [3.63, 3.8) is 0 Å². The molecular weight excluding hydrogens is 364 g/mol. The molecule has 1 aliphatic rings. The third kappa shape index (κ3) is 3.46. The fourth-order valence-electron chi connectivity index (χ4n) is 3.74. The minimum atomic E-state index is -0.0967. The highest BCUT2D eigenvalue weighted by Crippen LogP contribution is 2.42. The van der Waals surface area contributed by atoms with E-state index in [1.54, 1.807) is 14.2 Å². The number of rotatable bonds is 5. The fraction of sp³-hybridized carbons (Fsp3) is 0.474. The lowest BCUT2D eigenvalue weighted by molar-refractivity contribution is 0.232. The van der Waals surface area contributed by atoms with Crippen LogP contribution in [0.4, 0.5) is 0 Å². The van der Waals surface area contributed by atoms with Gasteiger partial charge in [-0.1, -0.05) is 24.2 Å². The zero-order valence-corrected chi connectivity index (χ0v) is 16.4. The molecule has 0 amide bonds. The molecule has 0 bridgehead atoms. The van der Waals surface area contributed by atoms with E-state index in [4.69, 9.17) is 9.47 Å². The second-order valence-corrected chi connectivity index (χ2v) is 7.75. The second kappa shape index (κ2) is 7.74. The van der Waals surface area contributed by atoms with Crippen molar-refractivity contribution in [2.45, 2.75) is 31.7 Å². The van der Waals surface area contributed by atoms with E-state index in [-0.39, 0.29) is 11.9 Å². The number of thiazole rings is 1. The Morgan fingerprint density at radius 3 is 2.30 bits per heavy atom. The molecule has 0 saturated carbocycles. The van der Waals surface area contributed by atoms with Crippen LogP contribution in [-0.4, -0.2) is 51.9 Å². The Kier molecular flexibility index (Phi) is 5.18. The maximum atomic E-state index is 10.8. The molecule has 144 valence electrons. The van der Waals surface area contributed by atoms with Crippen molar-refractivity contribution in [3.8, 4) is 17.4 Å². The van der Waals surface area contributed by atoms with Gasteiger partial charge in [-0.3, -0.25) is 4.90 Å². The van der Waals surface area contributed by atoms with Gasteiger partial charge in [0, 0.05) is 6.07 Å². The number of nitrogens with zero attached hydrogens (tertiary/aromatic N) is 4. The lowest BCUT2D eigenvalue weighted by atomic mass is 10.0. The van der Waals surface area contributed by atoms with Gasteiger partial charge < -0.3 is 14.6 Å². The summed E-state index contributed by atoms with van der Waals surface area (Å²) in [7, 11) is 3.31. The van der Waals surface area contributed by atoms with E-state index in [1.807, 2.05) is 18.2 Å². The van der Waals surface area contributed by atoms with Crippen LogP contribution in [0.1, 0.15) is 42.2 Å². The van der Waals surface area contributed by atoms with Crippen LogP contribution in [0.15, 0.2) is 24.5 Å². The Hall–Kier alpha value is -2.32. The van der Waals surface area contributed by atoms with E-state index in [0.29, 0.717) is 4.96 Å². The molecule has 0 radical (unpaired) electrons. The predicted molar refractivity (Wildman–Crippen MR) is 104 cm³/mol. The number of fused-ring (bicyclic) bond motifs is 1. The maximum Gasteiger partial charge on any atom is 0.230 e. The Balaban J connectivity index is 1.85. The molecule has 1 N–H and O–H groups in total. The van der Waals surface area contributed by atoms with Crippen LogP contribution in [0.3, 0.4) is 0 Å². The molecule has 1 atom stereocenters. The fourth-order valence-corrected chi connectivity index (χ4v) is 4.83. The minimum Gasteiger partial charge on any atom is -0.497 e. The number of likely N-dealkylation sites (tertiary alicyclic amines) is 1. The summed E-state index contributed by atoms with van der Waals surface area (Å²) in [6.07, 6.45) is 6.25. The number of methoxy groups -OCH3 is 2. The molecule has 1 saturated heterocycles. The average Bonchev–Trinajstić information content (AvgIpc) is 3.15. The first-order valence-electron chi connectivity index (χ1n) is 9.19. The van der Waals surface area contributed by atoms with Gasteiger partial charge in [0.1, 0.15) is 17.8 Å². The number of hydrogen-bond acceptors (Lipinski definition) is 7. The van der Waals surface area contributed by atoms with Crippen LogP contribution in [0.2, 0.25) is 0 Å². The third-order valence-electron chi connectivity index (χ3n) is 5.08. The van der Waals surface area contributed by atoms with E-state index in [0.717, 1.165) is 47.9 Å². The highest BCUT2D eigenvalue weighted by Gasteiger charge is 2.30. The molecular formula is C19H24N4O3S. The van der Waals surface area contributed by atoms with Crippen molar-refractivity contribution in [2.75, 3.05) is 27.3 Å². The topological polar surface area (TPSA) is 72.1 Å². The van der Waals surface area contributed by atoms with Gasteiger partial charge in [0.25, 0.3) is 0 Å². The predicted octanol–water partition coefficient (Wildman–Crippen LogP) is 3.48. The summed E-state index contributed by atoms with van der Waals surface area (Å²) in [5.74, 6) is 1.63. The smallest absolute Gasteiger partial charge is 0.230 e. The third-order valence-corrected chi connectivity index (χ3v) is 6.17. The van der Waals surface area contributed by atoms with Crippen molar-refractivity contribution >= 4 is 16.3 Å². The standard InChI is InChI=1S/C19H24N4O3S/c1-25-14-9-13(10-15(11-14)26-2)16(22-7-5-3-4-6-8-22)17-18(24)23-19(27-17)20-12-21-23/h9-12,16,24H,3-8H2,1-2H3/t16-/m0/s1. The summed E-state index contributed by atoms with van der Waals surface area (Å²) < 4.78 is 12.5. The normalized spacial score (nSPS) is 17.0. The van der Waals surface area contributed by atoms with Crippen molar-refractivity contribution in [1.29, 1.82) is 0 Å². The average molecular weight is 388 g/mol. The van der Waals surface area contributed by atoms with Crippen LogP contribution in [0.5, 0.6) is 17.4 Å². The molecule has 1 aromatic carbocycles. The summed E-state index contributed by atoms with van der Waals surface area (Å²) in [6, 6.07) is 5.81. The zero-order valence-electron chi connectivity index (χ0n) is 15.6. The maximum absolute atomic E-state index is 10.8. The quantitative estimate of drug-likeness (QED) is 0.721. The van der Waals surface area contributed by atoms with Gasteiger partial charge >= 0.3 is 0 Å². The largest absolute Gasteiger partial charge is 0.497 e. The van der Waals surface area contributed by atoms with Gasteiger partial charge in [0.2, 0.25) is 10.8 Å². The van der Waals surface area contributed by atoms with E-state index in [1.165, 1.54) is 35.0 Å². The molecule has 1 aliphatic heterocycles. The second-order valence-electron chi connectivity index (χ2n) is 6.74. The number of ether oxygens (including phenoxy) is 2. The summed E-state index contributed by atoms with van der Waals surface area (Å²) in [4.78, 5) is 8.23. The van der Waals surface area contributed by atoms with Gasteiger partial charge in [-0.2, -0.15) is 9.61 Å². The van der Waals surface area contributed by atoms with Gasteiger partial charge in [-0.25, -0.2) is 4.98 Å². The molecule has 0 unspecified atom stereocenters. The number of aromatic nitrogens is 3. The van der Waals surface area contributed by atoms with Crippen molar-refractivity contribution < 1.29 is 14.6 Å². The van der Waals surface area contributed by atoms with Crippen molar-refractivity contribution in [1.82, 2.24) is 19.5 Å². The van der Waals surface area contributed by atoms with E-state index >= 15 is 0 Å². The van der Waals surface area contributed by atoms with Crippen LogP contribution in [0, 0.1) is 0 Å². The summed E-state index contributed by atoms with van der Waals surface area (Å²) >= 11 is 1.48. The molecule has 27 heavy (non-hydrogen) atoms. The summed E-state index contributed by atoms with van der Waals surface area (Å²) in [6.45, 7) is 1.97. The highest BCUT2D eigenvalue weighted by molar-refractivity contribution is 7.17. The Labute approximate surface area is 162 Å². The summed E-state index contributed by atoms with van der Waals surface area (Å²) in [5, 5.41) is 15.0. The first kappa shape index (κ1) is 18.1. The molecule has 7 nitrogen and oxygen atoms in total. The SMILES string of the molecule is COc1cc(OC)cc([C@@H](c2sc3ncnn3c2O)N2CCCCCC2)c1. The number of aromatic hydroxyl groups is 1. The number of benzene rings is 1. The first-order chi connectivity index (χ1) is 13.2. The monoisotopic (exact) mass is 388 g/mol. The van der Waals surface area contributed by atoms with Gasteiger partial charge in [0.15, 0.2) is 0 Å². The van der Waals surface area contributed by atoms with Gasteiger partial charge in [-0.05, 0) is 43.6 Å². The highest BCUT2D eigenvalue weighted by atomic mass is 32.1. The van der Waals surface area contributed by atoms with Crippen LogP contribution >= 0.6 is 11.3 Å². The number of hydrogen-bond donors (Lipinski definition) is 1. The van der Waals surface area contributed by atoms with E-state index < -0.39 is 0 Å². The molecule has 1 fully saturated rings. The summed E-state index contributed by atoms with van der Waals surface area (Å²) in [5.41, 5.74) is 1.04. The molecule has 0 aliphatic carbocycles. The lowest BCUT2D eigenvalue weighted by Crippen LogP contribution is -2.30. The molecule has 2 aromatic heterocycles. The molecule has 8 heteroatoms. The Bertz CT molecular complexity index is 893. The van der Waals surface area contributed by atoms with Gasteiger partial charge in [0.05, 0.1) is 25.1 Å². The Morgan fingerprint density at radius 1 is 1.04 bits per heavy atom. The molecule has 4 rings (SSSR count). The minimum absolute atomic E-state index is 0.0967. The van der Waals surface area contributed by atoms with E-state index in [9.17, 15) is 5.11 Å². The van der Waals surface area contributed by atoms with Crippen LogP contribution in [-0.2, 0) is 0 Å². The molecule has 3 aromatic rings. The van der Waals surface area contributed by atoms with Crippen molar-refractivity contribution in [2.24, 2.45) is 0 Å². The van der Waals surface area contributed by atoms with Crippen LogP contribution < -0.4 is 9.47 Å². The Morgan fingerprint density at radius 2 is 1.70 bits per heavy atom. The van der Waals surface area contributed by atoms with E-state index in [2.05, 4.69) is 15.0 Å². The van der Waals surface area contributed by atoms with Crippen LogP contribution in [0.25, 0.3) is 4.96 Å². The van der Waals surface area contributed by atoms with Gasteiger partial charge in [-0.15, -0.1) is 0 Å².